The first-order valence-electron chi connectivity index (χ1n) is 24.2. The van der Waals surface area contributed by atoms with Gasteiger partial charge in [0.25, 0.3) is 0 Å². The Labute approximate surface area is 397 Å². The number of aromatic nitrogens is 1. The lowest BCUT2D eigenvalue weighted by atomic mass is 9.73. The highest BCUT2D eigenvalue weighted by Gasteiger charge is 2.54. The number of methoxy groups -OCH3 is 2. The van der Waals surface area contributed by atoms with E-state index in [1.807, 2.05) is 71.0 Å². The summed E-state index contributed by atoms with van der Waals surface area (Å²) in [5.74, 6) is -4.24. The molecule has 17 nitrogen and oxygen atoms in total. The predicted octanol–water partition coefficient (Wildman–Crippen LogP) is 4.85. The number of H-pyrrole nitrogens is 1. The number of rotatable bonds is 13. The van der Waals surface area contributed by atoms with Crippen LogP contribution in [0.4, 0.5) is 0 Å². The second-order valence-electron chi connectivity index (χ2n) is 20.5. The van der Waals surface area contributed by atoms with E-state index in [-0.39, 0.29) is 43.7 Å². The Hall–Kier alpha value is -3.07. The van der Waals surface area contributed by atoms with Crippen LogP contribution in [0.1, 0.15) is 113 Å². The molecule has 18 atom stereocenters. The highest BCUT2D eigenvalue weighted by atomic mass is 16.7. The number of aromatic amines is 1. The lowest BCUT2D eigenvalue weighted by molar-refractivity contribution is -0.319. The predicted molar refractivity (Wildman–Crippen MR) is 253 cm³/mol. The molecule has 380 valence electrons. The van der Waals surface area contributed by atoms with E-state index >= 15 is 0 Å². The van der Waals surface area contributed by atoms with Crippen LogP contribution in [-0.4, -0.2) is 160 Å². The van der Waals surface area contributed by atoms with Crippen LogP contribution in [0, 0.1) is 23.7 Å². The Bertz CT molecular complexity index is 1930. The van der Waals surface area contributed by atoms with Crippen molar-refractivity contribution in [3.05, 3.63) is 36.0 Å². The van der Waals surface area contributed by atoms with Gasteiger partial charge in [-0.2, -0.15) is 5.10 Å². The standard InChI is InChI=1S/C50H82N4O13/c1-15-37-50(10,60)43(57)29(4)40(53-52-38(55)22-18-20-34-24-33-19-16-17-21-35(33)51-34)27(2)25-49(9,62-14)45(67-47-41(56)36(54(11)12)23-28(3)63-47)30(5)42(31(6)46(59)65-37)66-39-26-48(8,61-13)44(58)32(7)64-39/h16-17,19,21,24,27-32,36-37,39,41-45,47,51,56-58,60H,15,18,20,22-23,25-26H2,1-14H3,(H,52,55). The molecule has 0 spiro atoms. The number of carbonyl (C=O) groups excluding carboxylic acids is 2. The molecule has 3 fully saturated rings. The molecule has 18 unspecified atom stereocenters. The van der Waals surface area contributed by atoms with Crippen molar-refractivity contribution in [3.8, 4) is 0 Å². The van der Waals surface area contributed by atoms with E-state index in [0.717, 1.165) is 16.6 Å². The summed E-state index contributed by atoms with van der Waals surface area (Å²) in [6.45, 7) is 17.6. The van der Waals surface area contributed by atoms with E-state index < -0.39 is 102 Å². The number of benzene rings is 1. The Kier molecular flexibility index (Phi) is 18.7. The van der Waals surface area contributed by atoms with Crippen LogP contribution in [-0.2, 0) is 49.2 Å². The van der Waals surface area contributed by atoms with Crippen LogP contribution in [0.25, 0.3) is 10.9 Å². The largest absolute Gasteiger partial charge is 0.459 e. The van der Waals surface area contributed by atoms with Crippen molar-refractivity contribution in [1.82, 2.24) is 15.3 Å². The van der Waals surface area contributed by atoms with E-state index in [9.17, 15) is 30.0 Å². The van der Waals surface area contributed by atoms with E-state index in [0.29, 0.717) is 25.0 Å². The molecule has 1 amide bonds. The lowest BCUT2D eigenvalue weighted by Crippen LogP contribution is -2.61. The maximum absolute atomic E-state index is 14.6. The number of nitrogens with one attached hydrogen (secondary N) is 2. The number of hydrazone groups is 1. The molecule has 6 N–H and O–H groups in total. The quantitative estimate of drug-likeness (QED) is 0.117. The van der Waals surface area contributed by atoms with E-state index in [1.54, 1.807) is 41.7 Å². The summed E-state index contributed by atoms with van der Waals surface area (Å²) in [6, 6.07) is 9.77. The topological polar surface area (TPSA) is 223 Å². The molecule has 5 rings (SSSR count). The van der Waals surface area contributed by atoms with Crippen molar-refractivity contribution >= 4 is 28.5 Å². The molecular weight excluding hydrogens is 865 g/mol. The summed E-state index contributed by atoms with van der Waals surface area (Å²) in [4.78, 5) is 33.4. The molecule has 0 saturated carbocycles. The van der Waals surface area contributed by atoms with Crippen LogP contribution in [0.2, 0.25) is 0 Å². The van der Waals surface area contributed by atoms with Crippen molar-refractivity contribution < 1.29 is 63.2 Å². The molecular formula is C50H82N4O13. The number of hydrogen-bond acceptors (Lipinski definition) is 15. The molecule has 1 aromatic carbocycles. The van der Waals surface area contributed by atoms with Gasteiger partial charge in [-0.05, 0) is 111 Å². The summed E-state index contributed by atoms with van der Waals surface area (Å²) in [6.07, 6.45) is -7.51. The van der Waals surface area contributed by atoms with Crippen molar-refractivity contribution in [2.24, 2.45) is 28.8 Å². The maximum atomic E-state index is 14.6. The van der Waals surface area contributed by atoms with Gasteiger partial charge >= 0.3 is 5.97 Å². The fraction of sp³-hybridized carbons (Fsp3) is 0.780. The number of cyclic esters (lactones) is 1. The van der Waals surface area contributed by atoms with Gasteiger partial charge in [-0.1, -0.05) is 45.9 Å². The third kappa shape index (κ3) is 12.5. The van der Waals surface area contributed by atoms with Crippen molar-refractivity contribution in [2.45, 2.75) is 198 Å². The summed E-state index contributed by atoms with van der Waals surface area (Å²) in [5.41, 5.74) is 0.844. The van der Waals surface area contributed by atoms with Crippen molar-refractivity contribution in [2.75, 3.05) is 28.3 Å². The molecule has 0 aliphatic carbocycles. The molecule has 3 aliphatic heterocycles. The van der Waals surface area contributed by atoms with E-state index in [2.05, 4.69) is 16.5 Å². The number of para-hydroxylation sites is 1. The SMILES string of the molecule is CCC1OC(=O)C(C)C(OC2CC(C)(OC)C(O)C(C)O2)C(C)C(OC2OC(C)CC(N(C)C)C2O)C(C)(OC)CC(C)C(=NNC(=O)CCCc2cc3ccccc3[nH]2)C(C)C(O)C1(C)O. The number of carbonyl (C=O) groups is 2. The fourth-order valence-corrected chi connectivity index (χ4v) is 10.7. The number of nitrogens with zero attached hydrogens (tertiary/aromatic N) is 2. The van der Waals surface area contributed by atoms with Gasteiger partial charge < -0.3 is 63.5 Å². The summed E-state index contributed by atoms with van der Waals surface area (Å²) >= 11 is 0. The van der Waals surface area contributed by atoms with Gasteiger partial charge in [-0.25, -0.2) is 5.43 Å². The first kappa shape index (κ1) is 54.9. The van der Waals surface area contributed by atoms with Crippen LogP contribution in [0.5, 0.6) is 0 Å². The molecule has 1 aromatic heterocycles. The minimum atomic E-state index is -1.98. The van der Waals surface area contributed by atoms with Gasteiger partial charge in [0, 0.05) is 61.9 Å². The first-order chi connectivity index (χ1) is 31.4. The highest BCUT2D eigenvalue weighted by Crippen LogP contribution is 2.42. The molecule has 0 bridgehead atoms. The Morgan fingerprint density at radius 2 is 1.61 bits per heavy atom. The minimum absolute atomic E-state index is 0.113. The third-order valence-corrected chi connectivity index (χ3v) is 15.1. The van der Waals surface area contributed by atoms with E-state index in [1.165, 1.54) is 14.0 Å². The Morgan fingerprint density at radius 3 is 2.24 bits per heavy atom. The molecule has 3 saturated heterocycles. The average molecular weight is 947 g/mol. The molecule has 4 heterocycles. The zero-order valence-electron chi connectivity index (χ0n) is 42.4. The number of aliphatic hydroxyl groups excluding tert-OH is 3. The summed E-state index contributed by atoms with van der Waals surface area (Å²) < 4.78 is 45.0. The second kappa shape index (κ2) is 22.8. The number of ether oxygens (including phenoxy) is 7. The first-order valence-corrected chi connectivity index (χ1v) is 24.2. The normalized spacial score (nSPS) is 41.3. The van der Waals surface area contributed by atoms with Crippen molar-refractivity contribution in [1.29, 1.82) is 0 Å². The number of amides is 1. The number of fused-ring (bicyclic) bond motifs is 1. The lowest BCUT2D eigenvalue weighted by Gasteiger charge is -2.50. The van der Waals surface area contributed by atoms with Gasteiger partial charge in [-0.15, -0.1) is 0 Å². The minimum Gasteiger partial charge on any atom is -0.459 e. The fourth-order valence-electron chi connectivity index (χ4n) is 10.7. The van der Waals surface area contributed by atoms with Crippen LogP contribution >= 0.6 is 0 Å². The Balaban J connectivity index is 1.57. The number of hydrogen-bond donors (Lipinski definition) is 6. The van der Waals surface area contributed by atoms with Gasteiger partial charge in [0.1, 0.15) is 23.9 Å². The average Bonchev–Trinajstić information content (AvgIpc) is 3.70. The van der Waals surface area contributed by atoms with E-state index in [4.69, 9.17) is 38.3 Å². The van der Waals surface area contributed by atoms with Gasteiger partial charge in [0.2, 0.25) is 5.91 Å². The number of aliphatic hydroxyl groups is 4. The van der Waals surface area contributed by atoms with Gasteiger partial charge in [-0.3, -0.25) is 9.59 Å². The summed E-state index contributed by atoms with van der Waals surface area (Å²) in [7, 11) is 6.84. The smallest absolute Gasteiger partial charge is 0.311 e. The monoisotopic (exact) mass is 947 g/mol. The molecule has 0 radical (unpaired) electrons. The van der Waals surface area contributed by atoms with Crippen LogP contribution in [0.15, 0.2) is 35.4 Å². The highest BCUT2D eigenvalue weighted by molar-refractivity contribution is 5.90. The van der Waals surface area contributed by atoms with Crippen LogP contribution < -0.4 is 5.43 Å². The molecule has 67 heavy (non-hydrogen) atoms. The Morgan fingerprint density at radius 1 is 0.940 bits per heavy atom. The summed E-state index contributed by atoms with van der Waals surface area (Å²) in [5, 5.41) is 53.1. The molecule has 2 aromatic rings. The molecule has 17 heteroatoms. The number of likely N-dealkylation sites (N-methyl/N-ethyl adjacent to an activating group) is 1. The van der Waals surface area contributed by atoms with Crippen molar-refractivity contribution in [3.63, 3.8) is 0 Å². The zero-order chi connectivity index (χ0) is 49.8. The van der Waals surface area contributed by atoms with Gasteiger partial charge in [0.15, 0.2) is 12.6 Å². The zero-order valence-corrected chi connectivity index (χ0v) is 42.4. The van der Waals surface area contributed by atoms with Crippen LogP contribution in [0.3, 0.4) is 0 Å². The molecule has 3 aliphatic rings. The number of aryl methyl sites for hydroxylation is 1. The third-order valence-electron chi connectivity index (χ3n) is 15.1. The second-order valence-corrected chi connectivity index (χ2v) is 20.5. The van der Waals surface area contributed by atoms with Gasteiger partial charge in [0.05, 0.1) is 47.6 Å². The number of esters is 1. The maximum Gasteiger partial charge on any atom is 0.311 e.